The number of hydrogen-bond acceptors (Lipinski definition) is 4. The van der Waals surface area contributed by atoms with E-state index in [0.29, 0.717) is 36.4 Å². The number of H-pyrrole nitrogens is 1. The first-order chi connectivity index (χ1) is 16.0. The number of ketones is 1. The van der Waals surface area contributed by atoms with Gasteiger partial charge >= 0.3 is 0 Å². The van der Waals surface area contributed by atoms with Crippen LogP contribution in [0, 0.1) is 0 Å². The molecule has 0 aliphatic heterocycles. The summed E-state index contributed by atoms with van der Waals surface area (Å²) in [6.07, 6.45) is 2.23. The fourth-order valence-electron chi connectivity index (χ4n) is 3.94. The number of ether oxygens (including phenoxy) is 1. The smallest absolute Gasteiger partial charge is 0.254 e. The molecule has 6 nitrogen and oxygen atoms in total. The van der Waals surface area contributed by atoms with Crippen LogP contribution >= 0.6 is 0 Å². The first kappa shape index (κ1) is 22.3. The third kappa shape index (κ3) is 4.65. The van der Waals surface area contributed by atoms with Crippen LogP contribution in [0.3, 0.4) is 0 Å². The molecule has 0 atom stereocenters. The Morgan fingerprint density at radius 3 is 2.61 bits per heavy atom. The van der Waals surface area contributed by atoms with E-state index in [1.807, 2.05) is 68.4 Å². The summed E-state index contributed by atoms with van der Waals surface area (Å²) >= 11 is 0. The number of nitrogens with zero attached hydrogens (tertiary/aromatic N) is 2. The molecule has 168 valence electrons. The Morgan fingerprint density at radius 2 is 1.82 bits per heavy atom. The number of aromatic amines is 1. The van der Waals surface area contributed by atoms with Crippen molar-refractivity contribution in [2.45, 2.75) is 26.8 Å². The third-order valence-electron chi connectivity index (χ3n) is 5.66. The van der Waals surface area contributed by atoms with Crippen LogP contribution in [0.15, 0.2) is 66.9 Å². The van der Waals surface area contributed by atoms with Gasteiger partial charge in [0, 0.05) is 42.1 Å². The summed E-state index contributed by atoms with van der Waals surface area (Å²) in [6, 6.07) is 18.9. The zero-order valence-corrected chi connectivity index (χ0v) is 19.1. The van der Waals surface area contributed by atoms with Crippen LogP contribution in [-0.2, 0) is 6.54 Å². The van der Waals surface area contributed by atoms with E-state index >= 15 is 0 Å². The number of rotatable bonds is 8. The molecule has 4 aromatic rings. The van der Waals surface area contributed by atoms with E-state index in [2.05, 4.69) is 10.2 Å². The molecule has 4 rings (SSSR count). The Kier molecular flexibility index (Phi) is 6.54. The number of fused-ring (bicyclic) bond motifs is 1. The average molecular weight is 442 g/mol. The highest BCUT2D eigenvalue weighted by molar-refractivity contribution is 5.98. The molecule has 33 heavy (non-hydrogen) atoms. The predicted octanol–water partition coefficient (Wildman–Crippen LogP) is 5.49. The minimum absolute atomic E-state index is 0.0931. The van der Waals surface area contributed by atoms with E-state index in [1.54, 1.807) is 24.2 Å². The second-order valence-corrected chi connectivity index (χ2v) is 7.91. The predicted molar refractivity (Wildman–Crippen MR) is 130 cm³/mol. The first-order valence-electron chi connectivity index (χ1n) is 11.1. The molecule has 1 aromatic heterocycles. The van der Waals surface area contributed by atoms with Gasteiger partial charge in [-0.3, -0.25) is 14.7 Å². The number of carbonyl (C=O) groups excluding carboxylic acids is 2. The summed E-state index contributed by atoms with van der Waals surface area (Å²) in [5, 5.41) is 8.12. The summed E-state index contributed by atoms with van der Waals surface area (Å²) in [6.45, 7) is 4.68. The molecule has 0 saturated carbocycles. The molecular weight excluding hydrogens is 414 g/mol. The molecule has 1 heterocycles. The van der Waals surface area contributed by atoms with Crippen LogP contribution in [-0.4, -0.2) is 40.4 Å². The highest BCUT2D eigenvalue weighted by Crippen LogP contribution is 2.32. The molecule has 0 fully saturated rings. The lowest BCUT2D eigenvalue weighted by atomic mass is 9.98. The number of benzene rings is 3. The largest absolute Gasteiger partial charge is 0.493 e. The standard InChI is InChI=1S/C27H27N3O3/c1-4-24(31)19-9-6-8-18(14-19)23-13-12-20(15-25(23)33-5-2)27(32)30(3)17-22-11-7-10-21-16-28-29-26(21)22/h6-16H,4-5,17H2,1-3H3,(H,28,29). The number of amides is 1. The van der Waals surface area contributed by atoms with Crippen molar-refractivity contribution in [3.05, 3.63) is 83.6 Å². The Morgan fingerprint density at radius 1 is 1.00 bits per heavy atom. The fourth-order valence-corrected chi connectivity index (χ4v) is 3.94. The minimum Gasteiger partial charge on any atom is -0.493 e. The van der Waals surface area contributed by atoms with Crippen molar-refractivity contribution in [3.8, 4) is 16.9 Å². The van der Waals surface area contributed by atoms with E-state index in [1.165, 1.54) is 0 Å². The van der Waals surface area contributed by atoms with Crippen LogP contribution in [0.25, 0.3) is 22.0 Å². The Balaban J connectivity index is 1.62. The molecule has 1 N–H and O–H groups in total. The average Bonchev–Trinajstić information content (AvgIpc) is 3.33. The van der Waals surface area contributed by atoms with Gasteiger partial charge in [-0.25, -0.2) is 0 Å². The zero-order chi connectivity index (χ0) is 23.4. The van der Waals surface area contributed by atoms with Crippen LogP contribution in [0.4, 0.5) is 0 Å². The van der Waals surface area contributed by atoms with Gasteiger partial charge in [0.05, 0.1) is 18.3 Å². The first-order valence-corrected chi connectivity index (χ1v) is 11.1. The molecule has 1 amide bonds. The number of hydrogen-bond donors (Lipinski definition) is 1. The number of para-hydroxylation sites is 1. The molecule has 0 spiro atoms. The minimum atomic E-state index is -0.103. The molecule has 0 aliphatic carbocycles. The second kappa shape index (κ2) is 9.69. The molecule has 0 aliphatic rings. The Bertz CT molecular complexity index is 1310. The van der Waals surface area contributed by atoms with Crippen LogP contribution < -0.4 is 4.74 Å². The van der Waals surface area contributed by atoms with Crippen molar-refractivity contribution in [3.63, 3.8) is 0 Å². The van der Waals surface area contributed by atoms with Gasteiger partial charge in [0.1, 0.15) is 5.75 Å². The highest BCUT2D eigenvalue weighted by atomic mass is 16.5. The quantitative estimate of drug-likeness (QED) is 0.367. The van der Waals surface area contributed by atoms with Crippen molar-refractivity contribution in [1.29, 1.82) is 0 Å². The maximum Gasteiger partial charge on any atom is 0.254 e. The topological polar surface area (TPSA) is 75.3 Å². The number of nitrogens with one attached hydrogen (secondary N) is 1. The summed E-state index contributed by atoms with van der Waals surface area (Å²) in [5.74, 6) is 0.609. The Hall–Kier alpha value is -3.93. The summed E-state index contributed by atoms with van der Waals surface area (Å²) in [5.41, 5.74) is 4.89. The normalized spacial score (nSPS) is 10.9. The van der Waals surface area contributed by atoms with E-state index in [0.717, 1.165) is 27.6 Å². The molecule has 3 aromatic carbocycles. The van der Waals surface area contributed by atoms with Crippen molar-refractivity contribution >= 4 is 22.6 Å². The van der Waals surface area contributed by atoms with Gasteiger partial charge in [-0.15, -0.1) is 0 Å². The van der Waals surface area contributed by atoms with Gasteiger partial charge in [-0.05, 0) is 42.3 Å². The monoisotopic (exact) mass is 441 g/mol. The number of aromatic nitrogens is 2. The van der Waals surface area contributed by atoms with Crippen molar-refractivity contribution in [2.75, 3.05) is 13.7 Å². The molecule has 0 saturated heterocycles. The van der Waals surface area contributed by atoms with Crippen molar-refractivity contribution in [2.24, 2.45) is 0 Å². The van der Waals surface area contributed by atoms with Crippen molar-refractivity contribution < 1.29 is 14.3 Å². The summed E-state index contributed by atoms with van der Waals surface area (Å²) < 4.78 is 5.89. The SMILES string of the molecule is CCOc1cc(C(=O)N(C)Cc2cccc3cn[nH]c23)ccc1-c1cccc(C(=O)CC)c1. The van der Waals surface area contributed by atoms with E-state index in [9.17, 15) is 9.59 Å². The zero-order valence-electron chi connectivity index (χ0n) is 19.1. The lowest BCUT2D eigenvalue weighted by molar-refractivity contribution is 0.0785. The van der Waals surface area contributed by atoms with Gasteiger partial charge < -0.3 is 9.64 Å². The summed E-state index contributed by atoms with van der Waals surface area (Å²) in [7, 11) is 1.78. The van der Waals surface area contributed by atoms with Gasteiger partial charge in [-0.2, -0.15) is 5.10 Å². The lowest BCUT2D eigenvalue weighted by Crippen LogP contribution is -2.26. The van der Waals surface area contributed by atoms with Gasteiger partial charge in [-0.1, -0.05) is 43.3 Å². The highest BCUT2D eigenvalue weighted by Gasteiger charge is 2.17. The number of carbonyl (C=O) groups is 2. The lowest BCUT2D eigenvalue weighted by Gasteiger charge is -2.19. The Labute approximate surface area is 193 Å². The molecule has 0 radical (unpaired) electrons. The van der Waals surface area contributed by atoms with Crippen LogP contribution in [0.2, 0.25) is 0 Å². The molecular formula is C27H27N3O3. The van der Waals surface area contributed by atoms with Crippen LogP contribution in [0.5, 0.6) is 5.75 Å². The maximum absolute atomic E-state index is 13.2. The van der Waals surface area contributed by atoms with E-state index in [-0.39, 0.29) is 11.7 Å². The molecule has 0 unspecified atom stereocenters. The van der Waals surface area contributed by atoms with Gasteiger partial charge in [0.15, 0.2) is 5.78 Å². The van der Waals surface area contributed by atoms with Crippen LogP contribution in [0.1, 0.15) is 46.5 Å². The fraction of sp³-hybridized carbons (Fsp3) is 0.222. The third-order valence-corrected chi connectivity index (χ3v) is 5.66. The van der Waals surface area contributed by atoms with E-state index in [4.69, 9.17) is 4.74 Å². The van der Waals surface area contributed by atoms with Gasteiger partial charge in [0.2, 0.25) is 0 Å². The second-order valence-electron chi connectivity index (χ2n) is 7.91. The summed E-state index contributed by atoms with van der Waals surface area (Å²) in [4.78, 5) is 27.0. The number of Topliss-reactive ketones (excluding diaryl/α,β-unsaturated/α-hetero) is 1. The molecule has 0 bridgehead atoms. The van der Waals surface area contributed by atoms with Crippen molar-refractivity contribution in [1.82, 2.24) is 15.1 Å². The molecule has 6 heteroatoms. The van der Waals surface area contributed by atoms with E-state index < -0.39 is 0 Å². The van der Waals surface area contributed by atoms with Gasteiger partial charge in [0.25, 0.3) is 5.91 Å². The maximum atomic E-state index is 13.2.